The fourth-order valence-corrected chi connectivity index (χ4v) is 2.25. The van der Waals surface area contributed by atoms with E-state index in [2.05, 4.69) is 18.1 Å². The minimum absolute atomic E-state index is 0.282. The van der Waals surface area contributed by atoms with Gasteiger partial charge in [-0.15, -0.1) is 5.10 Å². The number of unbranched alkanes of at least 4 members (excludes halogenated alkanes) is 2. The Morgan fingerprint density at radius 2 is 2.17 bits per heavy atom. The molecular formula is C17H22N4O2. The summed E-state index contributed by atoms with van der Waals surface area (Å²) in [5, 5.41) is 13.6. The first-order chi connectivity index (χ1) is 11.2. The number of rotatable bonds is 8. The molecule has 0 fully saturated rings. The number of nitrogens with two attached hydrogens (primary N) is 1. The molecule has 1 heterocycles. The molecule has 1 aromatic carbocycles. The largest absolute Gasteiger partial charge is 0.497 e. The van der Waals surface area contributed by atoms with E-state index in [0.29, 0.717) is 24.5 Å². The molecule has 122 valence electrons. The maximum atomic E-state index is 9.28. The number of aromatic nitrogens is 2. The summed E-state index contributed by atoms with van der Waals surface area (Å²) in [6, 6.07) is 9.64. The van der Waals surface area contributed by atoms with Crippen LogP contribution in [0.25, 0.3) is 0 Å². The van der Waals surface area contributed by atoms with Crippen LogP contribution in [0.2, 0.25) is 0 Å². The molecule has 0 unspecified atom stereocenters. The molecule has 0 bridgehead atoms. The first-order valence-electron chi connectivity index (χ1n) is 7.71. The summed E-state index contributed by atoms with van der Waals surface area (Å²) in [6.45, 7) is 3.13. The van der Waals surface area contributed by atoms with Crippen molar-refractivity contribution >= 4 is 5.82 Å². The van der Waals surface area contributed by atoms with Crippen molar-refractivity contribution in [2.75, 3.05) is 12.8 Å². The molecule has 0 saturated heterocycles. The Morgan fingerprint density at radius 1 is 1.35 bits per heavy atom. The van der Waals surface area contributed by atoms with Gasteiger partial charge in [-0.25, -0.2) is 4.68 Å². The van der Waals surface area contributed by atoms with Crippen molar-refractivity contribution in [2.45, 2.75) is 39.3 Å². The van der Waals surface area contributed by atoms with Gasteiger partial charge in [-0.2, -0.15) is 5.26 Å². The highest BCUT2D eigenvalue weighted by atomic mass is 16.5. The van der Waals surface area contributed by atoms with E-state index in [0.717, 1.165) is 30.6 Å². The normalized spacial score (nSPS) is 10.3. The molecule has 23 heavy (non-hydrogen) atoms. The maximum Gasteiger partial charge on any atom is 0.253 e. The first kappa shape index (κ1) is 16.7. The van der Waals surface area contributed by atoms with Gasteiger partial charge in [0, 0.05) is 6.54 Å². The van der Waals surface area contributed by atoms with Crippen molar-refractivity contribution in [3.63, 3.8) is 0 Å². The van der Waals surface area contributed by atoms with Crippen molar-refractivity contribution in [2.24, 2.45) is 0 Å². The number of nitriles is 1. The Kier molecular flexibility index (Phi) is 5.87. The van der Waals surface area contributed by atoms with Crippen LogP contribution < -0.4 is 15.2 Å². The number of ether oxygens (including phenoxy) is 2. The van der Waals surface area contributed by atoms with Crippen LogP contribution in [0.5, 0.6) is 11.6 Å². The smallest absolute Gasteiger partial charge is 0.253 e. The summed E-state index contributed by atoms with van der Waals surface area (Å²) < 4.78 is 12.5. The van der Waals surface area contributed by atoms with Gasteiger partial charge >= 0.3 is 0 Å². The average molecular weight is 314 g/mol. The fourth-order valence-electron chi connectivity index (χ4n) is 2.25. The summed E-state index contributed by atoms with van der Waals surface area (Å²) in [6.07, 6.45) is 3.19. The Balaban J connectivity index is 2.09. The van der Waals surface area contributed by atoms with Crippen LogP contribution in [0, 0.1) is 11.3 Å². The predicted molar refractivity (Wildman–Crippen MR) is 88.2 cm³/mol. The average Bonchev–Trinajstić information content (AvgIpc) is 2.88. The molecule has 6 nitrogen and oxygen atoms in total. The summed E-state index contributed by atoms with van der Waals surface area (Å²) in [7, 11) is 1.62. The molecule has 0 aliphatic heterocycles. The summed E-state index contributed by atoms with van der Waals surface area (Å²) in [5.74, 6) is 1.41. The van der Waals surface area contributed by atoms with Gasteiger partial charge in [0.1, 0.15) is 24.2 Å². The number of methoxy groups -OCH3 is 1. The van der Waals surface area contributed by atoms with Crippen LogP contribution in [0.1, 0.15) is 37.3 Å². The molecule has 2 rings (SSSR count). The minimum atomic E-state index is 0.282. The molecule has 0 aliphatic carbocycles. The maximum absolute atomic E-state index is 9.28. The van der Waals surface area contributed by atoms with Crippen LogP contribution in [0.4, 0.5) is 5.82 Å². The zero-order valence-corrected chi connectivity index (χ0v) is 13.6. The molecule has 0 saturated carbocycles. The molecule has 0 atom stereocenters. The van der Waals surface area contributed by atoms with Crippen LogP contribution >= 0.6 is 0 Å². The Labute approximate surface area is 136 Å². The van der Waals surface area contributed by atoms with E-state index >= 15 is 0 Å². The summed E-state index contributed by atoms with van der Waals surface area (Å²) in [4.78, 5) is 0. The van der Waals surface area contributed by atoms with Crippen LogP contribution in [-0.2, 0) is 13.2 Å². The van der Waals surface area contributed by atoms with Gasteiger partial charge in [-0.05, 0) is 24.1 Å². The number of nitrogen functional groups attached to an aromatic ring is 1. The van der Waals surface area contributed by atoms with Crippen molar-refractivity contribution in [3.8, 4) is 17.7 Å². The van der Waals surface area contributed by atoms with Crippen molar-refractivity contribution in [1.82, 2.24) is 9.78 Å². The van der Waals surface area contributed by atoms with E-state index in [1.54, 1.807) is 11.8 Å². The van der Waals surface area contributed by atoms with Gasteiger partial charge in [0.2, 0.25) is 0 Å². The second kappa shape index (κ2) is 8.08. The van der Waals surface area contributed by atoms with Crippen molar-refractivity contribution in [3.05, 3.63) is 35.4 Å². The Bertz CT molecular complexity index is 688. The van der Waals surface area contributed by atoms with Crippen molar-refractivity contribution < 1.29 is 9.47 Å². The molecule has 2 N–H and O–H groups in total. The molecule has 0 spiro atoms. The second-order valence-electron chi connectivity index (χ2n) is 5.25. The van der Waals surface area contributed by atoms with Crippen molar-refractivity contribution in [1.29, 1.82) is 5.26 Å². The lowest BCUT2D eigenvalue weighted by Gasteiger charge is -2.05. The quantitative estimate of drug-likeness (QED) is 0.757. The topological polar surface area (TPSA) is 86.1 Å². The molecule has 0 radical (unpaired) electrons. The SMILES string of the molecule is CCCCCn1nc(OCc2cccc(OC)c2)c(C#N)c1N. The van der Waals surface area contributed by atoms with Gasteiger partial charge in [0.15, 0.2) is 5.56 Å². The highest BCUT2D eigenvalue weighted by molar-refractivity contribution is 5.55. The van der Waals surface area contributed by atoms with Crippen LogP contribution in [0.3, 0.4) is 0 Å². The van der Waals surface area contributed by atoms with E-state index in [4.69, 9.17) is 15.2 Å². The van der Waals surface area contributed by atoms with Gasteiger partial charge in [0.25, 0.3) is 5.88 Å². The number of hydrogen-bond acceptors (Lipinski definition) is 5. The van der Waals surface area contributed by atoms with Gasteiger partial charge in [-0.3, -0.25) is 0 Å². The molecule has 0 aliphatic rings. The van der Waals surface area contributed by atoms with E-state index in [9.17, 15) is 5.26 Å². The van der Waals surface area contributed by atoms with Crippen LogP contribution in [0.15, 0.2) is 24.3 Å². The third-order valence-corrected chi connectivity index (χ3v) is 3.55. The molecular weight excluding hydrogens is 292 g/mol. The van der Waals surface area contributed by atoms with E-state index in [-0.39, 0.29) is 5.88 Å². The Morgan fingerprint density at radius 3 is 2.87 bits per heavy atom. The molecule has 0 amide bonds. The summed E-state index contributed by atoms with van der Waals surface area (Å²) in [5.41, 5.74) is 7.22. The van der Waals surface area contributed by atoms with E-state index < -0.39 is 0 Å². The fraction of sp³-hybridized carbons (Fsp3) is 0.412. The van der Waals surface area contributed by atoms with Gasteiger partial charge < -0.3 is 15.2 Å². The number of benzene rings is 1. The number of hydrogen-bond donors (Lipinski definition) is 1. The van der Waals surface area contributed by atoms with E-state index in [1.165, 1.54) is 0 Å². The monoisotopic (exact) mass is 314 g/mol. The third kappa shape index (κ3) is 4.16. The lowest BCUT2D eigenvalue weighted by atomic mass is 10.2. The molecule has 1 aromatic heterocycles. The Hall–Kier alpha value is -2.68. The summed E-state index contributed by atoms with van der Waals surface area (Å²) >= 11 is 0. The standard InChI is InChI=1S/C17H22N4O2/c1-3-4-5-9-21-16(19)15(11-18)17(20-21)23-12-13-7-6-8-14(10-13)22-2/h6-8,10H,3-5,9,12,19H2,1-2H3. The predicted octanol–water partition coefficient (Wildman–Crippen LogP) is 3.11. The van der Waals surface area contributed by atoms with Gasteiger partial charge in [-0.1, -0.05) is 31.9 Å². The zero-order chi connectivity index (χ0) is 16.7. The van der Waals surface area contributed by atoms with Crippen LogP contribution in [-0.4, -0.2) is 16.9 Å². The lowest BCUT2D eigenvalue weighted by molar-refractivity contribution is 0.287. The minimum Gasteiger partial charge on any atom is -0.497 e. The molecule has 6 heteroatoms. The highest BCUT2D eigenvalue weighted by Gasteiger charge is 2.16. The first-order valence-corrected chi connectivity index (χ1v) is 7.71. The number of nitrogens with zero attached hydrogens (tertiary/aromatic N) is 3. The van der Waals surface area contributed by atoms with Gasteiger partial charge in [0.05, 0.1) is 7.11 Å². The zero-order valence-electron chi connectivity index (χ0n) is 13.6. The lowest BCUT2D eigenvalue weighted by Crippen LogP contribution is -2.05. The van der Waals surface area contributed by atoms with E-state index in [1.807, 2.05) is 24.3 Å². The third-order valence-electron chi connectivity index (χ3n) is 3.55. The molecule has 2 aromatic rings. The number of aryl methyl sites for hydroxylation is 1. The highest BCUT2D eigenvalue weighted by Crippen LogP contribution is 2.24. The second-order valence-corrected chi connectivity index (χ2v) is 5.25. The number of anilines is 1.